The number of carbonyl (C=O) groups is 2. The molecule has 2 nitrogen and oxygen atoms in total. The van der Waals surface area contributed by atoms with Crippen LogP contribution in [0.1, 0.15) is 77.6 Å². The van der Waals surface area contributed by atoms with Crippen molar-refractivity contribution in [2.24, 2.45) is 23.2 Å². The minimum absolute atomic E-state index is 0.260. The fourth-order valence-corrected chi connectivity index (χ4v) is 6.10. The minimum Gasteiger partial charge on any atom is -0.299 e. The molecule has 0 aromatic heterocycles. The predicted molar refractivity (Wildman–Crippen MR) is 97.2 cm³/mol. The minimum atomic E-state index is -0.523. The second-order valence-corrected chi connectivity index (χ2v) is 10.2. The molecule has 1 spiro atoms. The van der Waals surface area contributed by atoms with Gasteiger partial charge in [0.15, 0.2) is 0 Å². The van der Waals surface area contributed by atoms with Gasteiger partial charge in [0.05, 0.1) is 5.41 Å². The average molecular weight is 416 g/mol. The summed E-state index contributed by atoms with van der Waals surface area (Å²) in [5, 5.41) is 0. The van der Waals surface area contributed by atoms with Gasteiger partial charge in [0.2, 0.25) is 0 Å². The van der Waals surface area contributed by atoms with Crippen LogP contribution >= 0.6 is 22.6 Å². The van der Waals surface area contributed by atoms with Crippen LogP contribution < -0.4 is 0 Å². The highest BCUT2D eigenvalue weighted by molar-refractivity contribution is 14.1. The normalized spacial score (nSPS) is 34.3. The molecule has 124 valence electrons. The first-order valence-corrected chi connectivity index (χ1v) is 10.5. The van der Waals surface area contributed by atoms with Gasteiger partial charge in [-0.05, 0) is 62.7 Å². The van der Waals surface area contributed by atoms with Crippen LogP contribution in [0, 0.1) is 23.2 Å². The zero-order valence-corrected chi connectivity index (χ0v) is 15.9. The lowest BCUT2D eigenvalue weighted by Gasteiger charge is -2.40. The Bertz CT molecular complexity index is 409. The maximum atomic E-state index is 12.2. The molecule has 3 fully saturated rings. The summed E-state index contributed by atoms with van der Waals surface area (Å²) in [6.45, 7) is 2.32. The van der Waals surface area contributed by atoms with Crippen LogP contribution in [0.3, 0.4) is 0 Å². The van der Waals surface area contributed by atoms with E-state index in [-0.39, 0.29) is 11.6 Å². The molecule has 0 aliphatic heterocycles. The summed E-state index contributed by atoms with van der Waals surface area (Å²) in [6.07, 6.45) is 11.9. The van der Waals surface area contributed by atoms with Gasteiger partial charge in [0.1, 0.15) is 11.6 Å². The molecule has 1 unspecified atom stereocenters. The molecule has 0 aromatic carbocycles. The van der Waals surface area contributed by atoms with Gasteiger partial charge < -0.3 is 0 Å². The topological polar surface area (TPSA) is 34.1 Å². The first-order valence-electron chi connectivity index (χ1n) is 9.22. The van der Waals surface area contributed by atoms with Crippen molar-refractivity contribution >= 4 is 34.2 Å². The van der Waals surface area contributed by atoms with E-state index < -0.39 is 5.41 Å². The third-order valence-corrected chi connectivity index (χ3v) is 7.26. The Morgan fingerprint density at radius 2 is 1.45 bits per heavy atom. The Hall–Kier alpha value is 0.0700. The quantitative estimate of drug-likeness (QED) is 0.364. The Balaban J connectivity index is 1.50. The fraction of sp³-hybridized carbons (Fsp3) is 0.895. The average Bonchev–Trinajstić information content (AvgIpc) is 2.77. The fourth-order valence-electron chi connectivity index (χ4n) is 5.38. The van der Waals surface area contributed by atoms with Crippen LogP contribution in [-0.2, 0) is 9.59 Å². The van der Waals surface area contributed by atoms with E-state index in [0.29, 0.717) is 12.8 Å². The van der Waals surface area contributed by atoms with E-state index in [1.165, 1.54) is 32.1 Å². The summed E-state index contributed by atoms with van der Waals surface area (Å²) < 4.78 is 0.799. The molecule has 1 atom stereocenters. The molecule has 0 heterocycles. The molecule has 0 bridgehead atoms. The second kappa shape index (κ2) is 6.90. The van der Waals surface area contributed by atoms with Crippen molar-refractivity contribution in [1.82, 2.24) is 0 Å². The molecule has 0 saturated heterocycles. The van der Waals surface area contributed by atoms with E-state index in [2.05, 4.69) is 29.5 Å². The lowest BCUT2D eigenvalue weighted by molar-refractivity contribution is -0.138. The van der Waals surface area contributed by atoms with Crippen molar-refractivity contribution in [1.29, 1.82) is 0 Å². The predicted octanol–water partition coefficient (Wildman–Crippen LogP) is 5.12. The summed E-state index contributed by atoms with van der Waals surface area (Å²) in [5.41, 5.74) is -0.523. The number of hydrogen-bond donors (Lipinski definition) is 0. The Morgan fingerprint density at radius 3 is 1.95 bits per heavy atom. The highest BCUT2D eigenvalue weighted by Crippen LogP contribution is 2.49. The molecule has 3 aliphatic carbocycles. The lowest BCUT2D eigenvalue weighted by Crippen LogP contribution is -2.39. The highest BCUT2D eigenvalue weighted by Gasteiger charge is 2.51. The number of carbonyl (C=O) groups excluding carboxylic acids is 2. The molecular formula is C19H29IO2. The van der Waals surface area contributed by atoms with Gasteiger partial charge in [-0.3, -0.25) is 9.59 Å². The molecule has 0 amide bonds. The number of Topliss-reactive ketones (excluding diaryl/α,β-unsaturated/α-hetero) is 2. The summed E-state index contributed by atoms with van der Waals surface area (Å²) >= 11 is 2.55. The van der Waals surface area contributed by atoms with E-state index in [1.54, 1.807) is 0 Å². The number of ketones is 2. The molecule has 3 rings (SSSR count). The first kappa shape index (κ1) is 16.9. The van der Waals surface area contributed by atoms with Crippen molar-refractivity contribution < 1.29 is 9.59 Å². The smallest absolute Gasteiger partial charge is 0.146 e. The van der Waals surface area contributed by atoms with E-state index in [9.17, 15) is 9.59 Å². The van der Waals surface area contributed by atoms with Crippen LogP contribution in [0.4, 0.5) is 0 Å². The van der Waals surface area contributed by atoms with Crippen LogP contribution in [0.2, 0.25) is 0 Å². The lowest BCUT2D eigenvalue weighted by atomic mass is 9.63. The maximum absolute atomic E-state index is 12.2. The van der Waals surface area contributed by atoms with Crippen molar-refractivity contribution in [2.75, 3.05) is 0 Å². The standard InChI is InChI=1S/C19H29IO2/c1-13(20)12-14-2-4-15(5-3-14)16-8-10-19(11-9-16)17(21)6-7-18(19)22/h13-16H,2-12H2,1H3/t13?,14-,15-. The second-order valence-electron chi connectivity index (χ2n) is 8.06. The summed E-state index contributed by atoms with van der Waals surface area (Å²) in [6, 6.07) is 0. The van der Waals surface area contributed by atoms with Crippen LogP contribution in [0.25, 0.3) is 0 Å². The van der Waals surface area contributed by atoms with Crippen LogP contribution in [0.15, 0.2) is 0 Å². The molecule has 3 aliphatic rings. The third kappa shape index (κ3) is 3.29. The van der Waals surface area contributed by atoms with Crippen molar-refractivity contribution in [3.8, 4) is 0 Å². The van der Waals surface area contributed by atoms with Crippen molar-refractivity contribution in [3.05, 3.63) is 0 Å². The van der Waals surface area contributed by atoms with E-state index in [4.69, 9.17) is 0 Å². The summed E-state index contributed by atoms with van der Waals surface area (Å²) in [5.74, 6) is 3.11. The molecule has 3 saturated carbocycles. The van der Waals surface area contributed by atoms with Crippen LogP contribution in [-0.4, -0.2) is 15.5 Å². The SMILES string of the molecule is CC(I)C[C@H]1CC[C@H](C2CCC3(CC2)C(=O)CCC3=O)CC1. The molecular weight excluding hydrogens is 387 g/mol. The van der Waals surface area contributed by atoms with Gasteiger partial charge in [-0.2, -0.15) is 0 Å². The van der Waals surface area contributed by atoms with Crippen molar-refractivity contribution in [3.63, 3.8) is 0 Å². The van der Waals surface area contributed by atoms with E-state index in [0.717, 1.165) is 47.4 Å². The zero-order chi connectivity index (χ0) is 15.7. The van der Waals surface area contributed by atoms with Crippen molar-refractivity contribution in [2.45, 2.75) is 81.5 Å². The number of rotatable bonds is 3. The molecule has 0 radical (unpaired) electrons. The zero-order valence-electron chi connectivity index (χ0n) is 13.8. The van der Waals surface area contributed by atoms with Gasteiger partial charge in [0.25, 0.3) is 0 Å². The molecule has 3 heteroatoms. The largest absolute Gasteiger partial charge is 0.299 e. The molecule has 0 N–H and O–H groups in total. The Morgan fingerprint density at radius 1 is 0.955 bits per heavy atom. The molecule has 22 heavy (non-hydrogen) atoms. The number of halogens is 1. The van der Waals surface area contributed by atoms with E-state index >= 15 is 0 Å². The molecule has 0 aromatic rings. The Labute approximate surface area is 148 Å². The summed E-state index contributed by atoms with van der Waals surface area (Å²) in [4.78, 5) is 24.3. The van der Waals surface area contributed by atoms with E-state index in [1.807, 2.05) is 0 Å². The third-order valence-electron chi connectivity index (χ3n) is 6.75. The van der Waals surface area contributed by atoms with Gasteiger partial charge in [-0.15, -0.1) is 0 Å². The van der Waals surface area contributed by atoms with Gasteiger partial charge >= 0.3 is 0 Å². The van der Waals surface area contributed by atoms with Gasteiger partial charge in [0, 0.05) is 16.8 Å². The Kier molecular flexibility index (Phi) is 5.30. The summed E-state index contributed by atoms with van der Waals surface area (Å²) in [7, 11) is 0. The van der Waals surface area contributed by atoms with Crippen LogP contribution in [0.5, 0.6) is 0 Å². The highest BCUT2D eigenvalue weighted by atomic mass is 127. The van der Waals surface area contributed by atoms with Gasteiger partial charge in [-0.25, -0.2) is 0 Å². The van der Waals surface area contributed by atoms with Gasteiger partial charge in [-0.1, -0.05) is 42.4 Å². The number of alkyl halides is 1. The monoisotopic (exact) mass is 416 g/mol. The first-order chi connectivity index (χ1) is 10.5. The number of hydrogen-bond acceptors (Lipinski definition) is 2. The maximum Gasteiger partial charge on any atom is 0.146 e.